The number of hydrogen-bond acceptors (Lipinski definition) is 15. The molecule has 17 nitrogen and oxygen atoms in total. The fourth-order valence-electron chi connectivity index (χ4n) is 5.78. The number of carbonyl (C=O) groups excluding carboxylic acids is 3. The number of sulfonamides is 2. The van der Waals surface area contributed by atoms with Gasteiger partial charge in [-0.15, -0.1) is 12.4 Å². The molecule has 22 heteroatoms. The third kappa shape index (κ3) is 29.5. The number of nitrogens with zero attached hydrogens (tertiary/aromatic N) is 3. The molecular formula is C35H73Cl2N5O12S3. The number of nitrogens with one attached hydrogen (secondary N) is 1. The number of rotatable bonds is 14. The predicted molar refractivity (Wildman–Crippen MR) is 228 cm³/mol. The number of halogens is 2. The van der Waals surface area contributed by atoms with Crippen molar-refractivity contribution in [2.75, 3.05) is 104 Å². The lowest BCUT2D eigenvalue weighted by atomic mass is 9.96. The van der Waals surface area contributed by atoms with Crippen LogP contribution in [0.5, 0.6) is 0 Å². The number of nitrogens with two attached hydrogens (primary N) is 1. The fourth-order valence-corrected chi connectivity index (χ4v) is 9.18. The van der Waals surface area contributed by atoms with Crippen LogP contribution >= 0.6 is 23.1 Å². The molecule has 3 saturated heterocycles. The van der Waals surface area contributed by atoms with Gasteiger partial charge in [0.25, 0.3) is 0 Å². The zero-order chi connectivity index (χ0) is 43.4. The van der Waals surface area contributed by atoms with E-state index in [1.54, 1.807) is 0 Å². The van der Waals surface area contributed by atoms with Gasteiger partial charge in [-0.1, -0.05) is 47.5 Å². The fraction of sp³-hybridized carbons (Fsp3) is 0.914. The van der Waals surface area contributed by atoms with Crippen molar-refractivity contribution in [2.24, 2.45) is 23.5 Å². The highest BCUT2D eigenvalue weighted by Gasteiger charge is 2.30. The van der Waals surface area contributed by atoms with Crippen molar-refractivity contribution in [2.45, 2.75) is 86.0 Å². The zero-order valence-electron chi connectivity index (χ0n) is 35.4. The Morgan fingerprint density at radius 3 is 1.16 bits per heavy atom. The van der Waals surface area contributed by atoms with Crippen LogP contribution in [0.2, 0.25) is 0 Å². The summed E-state index contributed by atoms with van der Waals surface area (Å²) < 4.78 is 82.7. The average Bonchev–Trinajstić information content (AvgIpc) is 3.18. The lowest BCUT2D eigenvalue weighted by molar-refractivity contribution is -0.138. The maximum Gasteiger partial charge on any atom is 0.322 e. The molecule has 342 valence electrons. The second-order valence-corrected chi connectivity index (χ2v) is 20.2. The minimum Gasteiger partial charge on any atom is -0.468 e. The zero-order valence-corrected chi connectivity index (χ0v) is 39.4. The standard InChI is InChI=1S/C10H19NO4S.C9H18N2O4S.C7H15N.C6H15N.C3H5ClO4S.ClH/c1-3-9-4-6-11(7-5-9)16(13,14)8-10(12)15-2;1-15-9(12)7-16(13,14)11-4-2-8(6-10)3-5-11;1-2-7-3-5-8-6-4-7;1-4-7(5-2)6-3;1-8-3(5)2-9(4,6)7;/h9H,3-8H2,1-2H3;8H,2-7,10H2,1H3;7-8H,2-6H2,1H3;4-6H2,1-3H3;2H2,1H3;1H. The van der Waals surface area contributed by atoms with Crippen molar-refractivity contribution in [3.8, 4) is 0 Å². The molecule has 0 aromatic rings. The van der Waals surface area contributed by atoms with Crippen LogP contribution in [0.25, 0.3) is 0 Å². The molecule has 0 radical (unpaired) electrons. The molecule has 57 heavy (non-hydrogen) atoms. The molecule has 3 fully saturated rings. The lowest BCUT2D eigenvalue weighted by Gasteiger charge is -2.30. The van der Waals surface area contributed by atoms with E-state index >= 15 is 0 Å². The summed E-state index contributed by atoms with van der Waals surface area (Å²) in [4.78, 5) is 34.4. The molecular weight excluding hydrogens is 850 g/mol. The first-order valence-corrected chi connectivity index (χ1v) is 25.1. The van der Waals surface area contributed by atoms with E-state index in [0.29, 0.717) is 44.6 Å². The second kappa shape index (κ2) is 33.4. The van der Waals surface area contributed by atoms with Gasteiger partial charge in [-0.05, 0) is 95.5 Å². The number of hydrogen-bond donors (Lipinski definition) is 2. The van der Waals surface area contributed by atoms with E-state index < -0.39 is 64.3 Å². The molecule has 0 unspecified atom stereocenters. The van der Waals surface area contributed by atoms with Gasteiger partial charge >= 0.3 is 17.9 Å². The second-order valence-electron chi connectivity index (χ2n) is 13.5. The monoisotopic (exact) mass is 921 g/mol. The van der Waals surface area contributed by atoms with Crippen molar-refractivity contribution in [1.82, 2.24) is 18.8 Å². The normalized spacial score (nSPS) is 17.3. The Hall–Kier alpha value is -1.36. The van der Waals surface area contributed by atoms with Gasteiger partial charge in [0.1, 0.15) is 0 Å². The van der Waals surface area contributed by atoms with E-state index in [2.05, 4.69) is 69.7 Å². The Labute approximate surface area is 354 Å². The Balaban J connectivity index is -0.000000664. The predicted octanol–water partition coefficient (Wildman–Crippen LogP) is 2.67. The van der Waals surface area contributed by atoms with Gasteiger partial charge in [-0.25, -0.2) is 33.9 Å². The van der Waals surface area contributed by atoms with E-state index in [1.807, 2.05) is 0 Å². The first-order valence-electron chi connectivity index (χ1n) is 19.4. The van der Waals surface area contributed by atoms with E-state index in [-0.39, 0.29) is 12.4 Å². The molecule has 0 saturated carbocycles. The van der Waals surface area contributed by atoms with Gasteiger partial charge in [0.05, 0.1) is 21.3 Å². The average molecular weight is 923 g/mol. The summed E-state index contributed by atoms with van der Waals surface area (Å²) >= 11 is 0. The van der Waals surface area contributed by atoms with Gasteiger partial charge in [0.2, 0.25) is 29.1 Å². The van der Waals surface area contributed by atoms with E-state index in [9.17, 15) is 39.6 Å². The van der Waals surface area contributed by atoms with Crippen LogP contribution in [0.4, 0.5) is 0 Å². The minimum atomic E-state index is -3.74. The molecule has 3 heterocycles. The van der Waals surface area contributed by atoms with Gasteiger partial charge in [0.15, 0.2) is 17.3 Å². The van der Waals surface area contributed by atoms with Crippen LogP contribution in [0.3, 0.4) is 0 Å². The molecule has 0 aliphatic carbocycles. The Morgan fingerprint density at radius 1 is 0.614 bits per heavy atom. The van der Waals surface area contributed by atoms with Crippen molar-refractivity contribution in [1.29, 1.82) is 0 Å². The summed E-state index contributed by atoms with van der Waals surface area (Å²) in [7, 11) is -2.57. The number of ether oxygens (including phenoxy) is 3. The largest absolute Gasteiger partial charge is 0.468 e. The first kappa shape index (κ1) is 59.9. The molecule has 3 aliphatic rings. The van der Waals surface area contributed by atoms with E-state index in [0.717, 1.165) is 45.1 Å². The van der Waals surface area contributed by atoms with Crippen molar-refractivity contribution in [3.63, 3.8) is 0 Å². The summed E-state index contributed by atoms with van der Waals surface area (Å²) in [6.07, 6.45) is 8.56. The van der Waals surface area contributed by atoms with E-state index in [1.165, 1.54) is 74.8 Å². The summed E-state index contributed by atoms with van der Waals surface area (Å²) in [5, 5.41) is 3.35. The van der Waals surface area contributed by atoms with Crippen molar-refractivity contribution in [3.05, 3.63) is 0 Å². The van der Waals surface area contributed by atoms with Crippen LogP contribution in [0, 0.1) is 17.8 Å². The SMILES string of the molecule is CCC1CCN(S(=O)(=O)CC(=O)OC)CC1.CCC1CCNCC1.CCN(CC)CC.COC(=O)CS(=O)(=O)Cl.COC(=O)CS(=O)(=O)N1CCC(CN)CC1.Cl. The third-order valence-corrected chi connectivity index (χ3v) is 14.2. The smallest absolute Gasteiger partial charge is 0.322 e. The molecule has 0 spiro atoms. The van der Waals surface area contributed by atoms with Crippen LogP contribution in [-0.4, -0.2) is 161 Å². The van der Waals surface area contributed by atoms with E-state index in [4.69, 9.17) is 5.73 Å². The molecule has 3 N–H and O–H groups in total. The Bertz CT molecular complexity index is 1330. The molecule has 3 rings (SSSR count). The quantitative estimate of drug-likeness (QED) is 0.145. The van der Waals surface area contributed by atoms with Gasteiger partial charge in [-0.3, -0.25) is 14.4 Å². The Morgan fingerprint density at radius 2 is 0.930 bits per heavy atom. The maximum absolute atomic E-state index is 11.8. The highest BCUT2D eigenvalue weighted by atomic mass is 35.7. The maximum atomic E-state index is 11.8. The van der Waals surface area contributed by atoms with Crippen molar-refractivity contribution >= 4 is 70.1 Å². The van der Waals surface area contributed by atoms with Crippen LogP contribution in [-0.2, 0) is 57.7 Å². The third-order valence-electron chi connectivity index (χ3n) is 9.80. The molecule has 3 aliphatic heterocycles. The van der Waals surface area contributed by atoms with Crippen LogP contribution < -0.4 is 11.1 Å². The number of piperidine rings is 3. The van der Waals surface area contributed by atoms with Crippen molar-refractivity contribution < 1.29 is 53.8 Å². The van der Waals surface area contributed by atoms with Crippen LogP contribution in [0.15, 0.2) is 0 Å². The highest BCUT2D eigenvalue weighted by Crippen LogP contribution is 2.22. The first-order chi connectivity index (χ1) is 26.2. The number of esters is 3. The summed E-state index contributed by atoms with van der Waals surface area (Å²) in [5.74, 6) is -2.13. The molecule has 0 atom stereocenters. The summed E-state index contributed by atoms with van der Waals surface area (Å²) in [5.41, 5.74) is 5.52. The number of carbonyl (C=O) groups is 3. The van der Waals surface area contributed by atoms with Gasteiger partial charge in [0, 0.05) is 36.9 Å². The summed E-state index contributed by atoms with van der Waals surface area (Å²) in [6, 6.07) is 0. The Kier molecular flexibility index (Phi) is 35.1. The number of methoxy groups -OCH3 is 3. The molecule has 0 bridgehead atoms. The molecule has 0 aromatic carbocycles. The van der Waals surface area contributed by atoms with Crippen LogP contribution in [0.1, 0.15) is 86.0 Å². The van der Waals surface area contributed by atoms with Gasteiger partial charge in [-0.2, -0.15) is 0 Å². The van der Waals surface area contributed by atoms with Gasteiger partial charge < -0.3 is 30.2 Å². The highest BCUT2D eigenvalue weighted by molar-refractivity contribution is 8.14. The lowest BCUT2D eigenvalue weighted by Crippen LogP contribution is -2.42. The molecule has 0 amide bonds. The summed E-state index contributed by atoms with van der Waals surface area (Å²) in [6.45, 7) is 19.6. The topological polar surface area (TPSA) is 229 Å². The minimum absolute atomic E-state index is 0. The molecule has 0 aromatic heterocycles.